The zero-order valence-electron chi connectivity index (χ0n) is 10.6. The first-order valence-electron chi connectivity index (χ1n) is 6.70. The number of carboxylic acids is 1. The molecule has 0 aromatic rings. The minimum atomic E-state index is -1.09. The molecule has 1 N–H and O–H groups in total. The molecule has 1 amide bonds. The van der Waals surface area contributed by atoms with Crippen LogP contribution in [0, 0.1) is 11.8 Å². The highest BCUT2D eigenvalue weighted by Crippen LogP contribution is 2.39. The lowest BCUT2D eigenvalue weighted by atomic mass is 9.77. The van der Waals surface area contributed by atoms with Gasteiger partial charge in [-0.25, -0.2) is 4.79 Å². The van der Waals surface area contributed by atoms with Gasteiger partial charge in [-0.3, -0.25) is 9.69 Å². The molecule has 0 spiro atoms. The summed E-state index contributed by atoms with van der Waals surface area (Å²) >= 11 is 0. The van der Waals surface area contributed by atoms with E-state index in [0.717, 1.165) is 19.3 Å². The minimum Gasteiger partial charge on any atom is -0.497 e. The van der Waals surface area contributed by atoms with Crippen molar-refractivity contribution in [1.82, 2.24) is 4.90 Å². The Kier molecular flexibility index (Phi) is 3.05. The van der Waals surface area contributed by atoms with Gasteiger partial charge in [0.15, 0.2) is 5.70 Å². The second-order valence-corrected chi connectivity index (χ2v) is 5.38. The predicted molar refractivity (Wildman–Crippen MR) is 66.9 cm³/mol. The molecule has 2 aliphatic heterocycles. The third kappa shape index (κ3) is 2.03. The number of rotatable bonds is 1. The van der Waals surface area contributed by atoms with Crippen LogP contribution in [-0.4, -0.2) is 34.5 Å². The number of fused-ring (bicyclic) bond motifs is 3. The fourth-order valence-corrected chi connectivity index (χ4v) is 3.45. The van der Waals surface area contributed by atoms with E-state index in [1.807, 2.05) is 0 Å². The highest BCUT2D eigenvalue weighted by atomic mass is 16.5. The molecule has 3 aliphatic rings. The monoisotopic (exact) mass is 263 g/mol. The number of ether oxygens (including phenoxy) is 1. The normalized spacial score (nSPS) is 33.7. The highest BCUT2D eigenvalue weighted by Gasteiger charge is 2.43. The Bertz CT molecular complexity index is 468. The van der Waals surface area contributed by atoms with Gasteiger partial charge in [-0.1, -0.05) is 12.2 Å². The van der Waals surface area contributed by atoms with Gasteiger partial charge in [0.25, 0.3) is 0 Å². The molecule has 5 heteroatoms. The van der Waals surface area contributed by atoms with E-state index in [2.05, 4.69) is 12.2 Å². The zero-order valence-corrected chi connectivity index (χ0v) is 10.6. The molecule has 3 atom stereocenters. The molecule has 19 heavy (non-hydrogen) atoms. The standard InChI is InChI=1S/C14H17NO4/c16-13-6-5-9-3-1-2-4-10(9)11-7-19-8-12(14(17)18)15(11)13/h1-2,8-11H,3-7H2,(H,17,18). The van der Waals surface area contributed by atoms with Gasteiger partial charge in [0, 0.05) is 6.42 Å². The number of carbonyl (C=O) groups is 2. The van der Waals surface area contributed by atoms with Crippen molar-refractivity contribution in [3.05, 3.63) is 24.1 Å². The van der Waals surface area contributed by atoms with Crippen LogP contribution >= 0.6 is 0 Å². The molecule has 0 bridgehead atoms. The van der Waals surface area contributed by atoms with Gasteiger partial charge in [0.2, 0.25) is 5.91 Å². The Morgan fingerprint density at radius 3 is 2.95 bits per heavy atom. The summed E-state index contributed by atoms with van der Waals surface area (Å²) in [6, 6.07) is -0.138. The maximum atomic E-state index is 12.3. The number of carboxylic acid groups (broad SMARTS) is 1. The molecule has 0 radical (unpaired) electrons. The third-order valence-electron chi connectivity index (χ3n) is 4.38. The molecule has 3 unspecified atom stereocenters. The fourth-order valence-electron chi connectivity index (χ4n) is 3.45. The number of carbonyl (C=O) groups excluding carboxylic acids is 1. The Labute approximate surface area is 111 Å². The Morgan fingerprint density at radius 1 is 1.37 bits per heavy atom. The summed E-state index contributed by atoms with van der Waals surface area (Å²) in [6.45, 7) is 0.400. The van der Waals surface area contributed by atoms with E-state index in [0.29, 0.717) is 24.9 Å². The topological polar surface area (TPSA) is 66.8 Å². The lowest BCUT2D eigenvalue weighted by molar-refractivity contribution is -0.143. The van der Waals surface area contributed by atoms with Crippen LogP contribution in [0.5, 0.6) is 0 Å². The summed E-state index contributed by atoms with van der Waals surface area (Å²) in [5, 5.41) is 9.23. The van der Waals surface area contributed by atoms with Crippen molar-refractivity contribution in [2.45, 2.75) is 31.7 Å². The molecule has 5 nitrogen and oxygen atoms in total. The van der Waals surface area contributed by atoms with E-state index in [9.17, 15) is 14.7 Å². The Morgan fingerprint density at radius 2 is 2.16 bits per heavy atom. The van der Waals surface area contributed by atoms with E-state index in [1.165, 1.54) is 11.2 Å². The maximum Gasteiger partial charge on any atom is 0.355 e. The molecule has 0 aromatic carbocycles. The molecular formula is C14H17NO4. The first kappa shape index (κ1) is 12.3. The van der Waals surface area contributed by atoms with E-state index < -0.39 is 5.97 Å². The SMILES string of the molecule is O=C(O)C1=COCC2C3CC=CCC3CCC(=O)N12. The summed E-state index contributed by atoms with van der Waals surface area (Å²) in [5.41, 5.74) is -0.0172. The van der Waals surface area contributed by atoms with Crippen molar-refractivity contribution >= 4 is 11.9 Å². The van der Waals surface area contributed by atoms with Crippen molar-refractivity contribution < 1.29 is 19.4 Å². The van der Waals surface area contributed by atoms with Crippen LogP contribution in [0.15, 0.2) is 24.1 Å². The van der Waals surface area contributed by atoms with Gasteiger partial charge >= 0.3 is 5.97 Å². The molecule has 1 aliphatic carbocycles. The van der Waals surface area contributed by atoms with E-state index in [4.69, 9.17) is 4.74 Å². The van der Waals surface area contributed by atoms with Crippen LogP contribution in [0.25, 0.3) is 0 Å². The van der Waals surface area contributed by atoms with Crippen molar-refractivity contribution in [3.8, 4) is 0 Å². The predicted octanol–water partition coefficient (Wildman–Crippen LogP) is 1.52. The average Bonchev–Trinajstić information content (AvgIpc) is 2.57. The van der Waals surface area contributed by atoms with Crippen LogP contribution in [0.1, 0.15) is 25.7 Å². The molecule has 0 saturated carbocycles. The number of hydrogen-bond acceptors (Lipinski definition) is 3. The lowest BCUT2D eigenvalue weighted by Crippen LogP contribution is -2.50. The van der Waals surface area contributed by atoms with Gasteiger partial charge in [0.1, 0.15) is 12.9 Å². The van der Waals surface area contributed by atoms with Crippen molar-refractivity contribution in [2.24, 2.45) is 11.8 Å². The largest absolute Gasteiger partial charge is 0.497 e. The van der Waals surface area contributed by atoms with Crippen LogP contribution in [0.3, 0.4) is 0 Å². The van der Waals surface area contributed by atoms with Crippen LogP contribution in [0.4, 0.5) is 0 Å². The summed E-state index contributed by atoms with van der Waals surface area (Å²) in [6.07, 6.45) is 8.65. The summed E-state index contributed by atoms with van der Waals surface area (Å²) in [5.74, 6) is -0.417. The van der Waals surface area contributed by atoms with Gasteiger partial charge in [-0.2, -0.15) is 0 Å². The van der Waals surface area contributed by atoms with E-state index >= 15 is 0 Å². The Hall–Kier alpha value is -1.78. The van der Waals surface area contributed by atoms with E-state index in [-0.39, 0.29) is 17.6 Å². The first-order chi connectivity index (χ1) is 9.18. The second kappa shape index (κ2) is 4.72. The number of nitrogens with zero attached hydrogens (tertiary/aromatic N) is 1. The maximum absolute atomic E-state index is 12.3. The third-order valence-corrected chi connectivity index (χ3v) is 4.38. The summed E-state index contributed by atoms with van der Waals surface area (Å²) < 4.78 is 5.30. The van der Waals surface area contributed by atoms with Gasteiger partial charge < -0.3 is 9.84 Å². The number of amides is 1. The van der Waals surface area contributed by atoms with E-state index in [1.54, 1.807) is 0 Å². The molecule has 1 fully saturated rings. The zero-order chi connectivity index (χ0) is 13.4. The molecular weight excluding hydrogens is 246 g/mol. The van der Waals surface area contributed by atoms with Crippen LogP contribution in [0.2, 0.25) is 0 Å². The average molecular weight is 263 g/mol. The van der Waals surface area contributed by atoms with Gasteiger partial charge in [-0.15, -0.1) is 0 Å². The molecule has 1 saturated heterocycles. The number of hydrogen-bond donors (Lipinski definition) is 1. The fraction of sp³-hybridized carbons (Fsp3) is 0.571. The molecule has 102 valence electrons. The van der Waals surface area contributed by atoms with Crippen LogP contribution in [-0.2, 0) is 14.3 Å². The van der Waals surface area contributed by atoms with Gasteiger partial charge in [-0.05, 0) is 31.1 Å². The van der Waals surface area contributed by atoms with Crippen LogP contribution < -0.4 is 0 Å². The minimum absolute atomic E-state index is 0.0172. The number of aliphatic carboxylic acids is 1. The second-order valence-electron chi connectivity index (χ2n) is 5.38. The molecule has 2 heterocycles. The van der Waals surface area contributed by atoms with Crippen molar-refractivity contribution in [1.29, 1.82) is 0 Å². The lowest BCUT2D eigenvalue weighted by Gasteiger charge is -2.40. The molecule has 0 aromatic heterocycles. The molecule has 3 rings (SSSR count). The Balaban J connectivity index is 1.97. The van der Waals surface area contributed by atoms with Gasteiger partial charge in [0.05, 0.1) is 6.04 Å². The van der Waals surface area contributed by atoms with Crippen molar-refractivity contribution in [2.75, 3.05) is 6.61 Å². The smallest absolute Gasteiger partial charge is 0.355 e. The first-order valence-corrected chi connectivity index (χ1v) is 6.70. The summed E-state index contributed by atoms with van der Waals surface area (Å²) in [4.78, 5) is 25.0. The van der Waals surface area contributed by atoms with Crippen molar-refractivity contribution in [3.63, 3.8) is 0 Å². The quantitative estimate of drug-likeness (QED) is 0.728. The summed E-state index contributed by atoms with van der Waals surface area (Å²) in [7, 11) is 0. The number of allylic oxidation sites excluding steroid dienone is 2. The highest BCUT2D eigenvalue weighted by molar-refractivity contribution is 5.93.